The number of phenolic OH excluding ortho intramolecular Hbond substituents is 3. The Labute approximate surface area is 201 Å². The lowest BCUT2D eigenvalue weighted by molar-refractivity contribution is -0.131. The molecule has 0 amide bonds. The molecule has 0 aromatic heterocycles. The normalized spacial score (nSPS) is 10.1. The number of guanidine groups is 1. The topological polar surface area (TPSA) is 205 Å². The molecule has 190 valence electrons. The Balaban J connectivity index is 0.000000400. The Morgan fingerprint density at radius 2 is 1.66 bits per heavy atom. The van der Waals surface area contributed by atoms with Crippen LogP contribution in [0.3, 0.4) is 0 Å². The largest absolute Gasteiger partial charge is 0.504 e. The highest BCUT2D eigenvalue weighted by molar-refractivity contribution is 5.91. The Morgan fingerprint density at radius 1 is 1.03 bits per heavy atom. The second-order valence-electron chi connectivity index (χ2n) is 6.83. The molecule has 0 fully saturated rings. The SMILES string of the molecule is COc1cc(C(=O)OCCCCNC(=N)N)cc(OC)c1O.O=C(O)C=Cc1ccc(O)c(O)c1. The number of methoxy groups -OCH3 is 2. The van der Waals surface area contributed by atoms with Crippen LogP contribution in [0.2, 0.25) is 0 Å². The van der Waals surface area contributed by atoms with Gasteiger partial charge in [-0.15, -0.1) is 0 Å². The summed E-state index contributed by atoms with van der Waals surface area (Å²) < 4.78 is 15.1. The van der Waals surface area contributed by atoms with Crippen LogP contribution in [0.5, 0.6) is 28.7 Å². The van der Waals surface area contributed by atoms with Gasteiger partial charge in [-0.2, -0.15) is 0 Å². The predicted octanol–water partition coefficient (Wildman–Crippen LogP) is 2.03. The molecule has 35 heavy (non-hydrogen) atoms. The molecule has 2 rings (SSSR count). The molecule has 0 heterocycles. The number of hydrogen-bond donors (Lipinski definition) is 7. The molecule has 0 unspecified atom stereocenters. The Morgan fingerprint density at radius 3 is 2.17 bits per heavy atom. The lowest BCUT2D eigenvalue weighted by Crippen LogP contribution is -2.31. The van der Waals surface area contributed by atoms with Crippen LogP contribution >= 0.6 is 0 Å². The lowest BCUT2D eigenvalue weighted by Gasteiger charge is -2.11. The van der Waals surface area contributed by atoms with Crippen LogP contribution in [0.4, 0.5) is 0 Å². The van der Waals surface area contributed by atoms with Crippen molar-refractivity contribution in [3.63, 3.8) is 0 Å². The van der Waals surface area contributed by atoms with E-state index in [1.165, 1.54) is 50.6 Å². The summed E-state index contributed by atoms with van der Waals surface area (Å²) in [7, 11) is 2.76. The van der Waals surface area contributed by atoms with Crippen molar-refractivity contribution in [2.45, 2.75) is 12.8 Å². The zero-order valence-corrected chi connectivity index (χ0v) is 19.3. The minimum atomic E-state index is -1.06. The number of nitrogens with two attached hydrogens (primary N) is 1. The van der Waals surface area contributed by atoms with Crippen molar-refractivity contribution in [3.05, 3.63) is 47.5 Å². The van der Waals surface area contributed by atoms with E-state index in [4.69, 9.17) is 40.7 Å². The van der Waals surface area contributed by atoms with Gasteiger partial charge in [0.1, 0.15) is 0 Å². The summed E-state index contributed by atoms with van der Waals surface area (Å²) in [5.41, 5.74) is 5.88. The number of unbranched alkanes of at least 4 members (excludes halogenated alkanes) is 1. The van der Waals surface area contributed by atoms with Gasteiger partial charge in [-0.3, -0.25) is 5.41 Å². The Kier molecular flexibility index (Phi) is 11.8. The zero-order chi connectivity index (χ0) is 26.4. The van der Waals surface area contributed by atoms with Crippen LogP contribution in [0.25, 0.3) is 6.08 Å². The minimum Gasteiger partial charge on any atom is -0.504 e. The monoisotopic (exact) mass is 491 g/mol. The highest BCUT2D eigenvalue weighted by atomic mass is 16.5. The van der Waals surface area contributed by atoms with Gasteiger partial charge in [-0.05, 0) is 48.7 Å². The van der Waals surface area contributed by atoms with Gasteiger partial charge >= 0.3 is 11.9 Å². The predicted molar refractivity (Wildman–Crippen MR) is 127 cm³/mol. The summed E-state index contributed by atoms with van der Waals surface area (Å²) in [4.78, 5) is 22.1. The van der Waals surface area contributed by atoms with Gasteiger partial charge in [0.15, 0.2) is 29.0 Å². The number of esters is 1. The Hall–Kier alpha value is -4.61. The second-order valence-corrected chi connectivity index (χ2v) is 6.83. The fourth-order valence-electron chi connectivity index (χ4n) is 2.52. The molecule has 0 aliphatic heterocycles. The van der Waals surface area contributed by atoms with E-state index < -0.39 is 11.9 Å². The van der Waals surface area contributed by atoms with E-state index in [0.717, 1.165) is 12.5 Å². The van der Waals surface area contributed by atoms with E-state index in [9.17, 15) is 14.7 Å². The molecular formula is C23H29N3O9. The Bertz CT molecular complexity index is 1030. The van der Waals surface area contributed by atoms with Gasteiger partial charge in [-0.25, -0.2) is 9.59 Å². The quantitative estimate of drug-likeness (QED) is 0.0639. The van der Waals surface area contributed by atoms with Crippen molar-refractivity contribution in [3.8, 4) is 28.7 Å². The third-order valence-electron chi connectivity index (χ3n) is 4.25. The summed E-state index contributed by atoms with van der Waals surface area (Å²) >= 11 is 0. The van der Waals surface area contributed by atoms with Gasteiger partial charge in [0, 0.05) is 12.6 Å². The van der Waals surface area contributed by atoms with E-state index in [1.807, 2.05) is 0 Å². The van der Waals surface area contributed by atoms with E-state index in [-0.39, 0.29) is 46.9 Å². The standard InChI is InChI=1S/C14H21N3O5.C9H8O4/c1-20-10-7-9(8-11(21-2)12(10)18)13(19)22-6-4-3-5-17-14(15)16;10-7-3-1-6(5-8(7)11)2-4-9(12)13/h7-8,18H,3-6H2,1-2H3,(H4,15,16,17);1-5,10-11H,(H,12,13). The van der Waals surface area contributed by atoms with Crippen molar-refractivity contribution in [1.82, 2.24) is 5.32 Å². The summed E-state index contributed by atoms with van der Waals surface area (Å²) in [6, 6.07) is 6.83. The summed E-state index contributed by atoms with van der Waals surface area (Å²) in [6.07, 6.45) is 3.63. The molecule has 0 aliphatic rings. The summed E-state index contributed by atoms with van der Waals surface area (Å²) in [6.45, 7) is 0.789. The number of carboxylic acid groups (broad SMARTS) is 1. The number of carboxylic acids is 1. The second kappa shape index (κ2) is 14.5. The number of rotatable bonds is 10. The average Bonchev–Trinajstić information content (AvgIpc) is 2.82. The molecule has 8 N–H and O–H groups in total. The number of benzene rings is 2. The van der Waals surface area contributed by atoms with Crippen LogP contribution in [0, 0.1) is 5.41 Å². The molecule has 2 aromatic rings. The number of carbonyl (C=O) groups is 2. The van der Waals surface area contributed by atoms with Crippen molar-refractivity contribution in [2.75, 3.05) is 27.4 Å². The fourth-order valence-corrected chi connectivity index (χ4v) is 2.52. The number of hydrogen-bond acceptors (Lipinski definition) is 9. The highest BCUT2D eigenvalue weighted by Gasteiger charge is 2.16. The summed E-state index contributed by atoms with van der Waals surface area (Å²) in [5.74, 6) is -2.07. The molecule has 2 aromatic carbocycles. The molecule has 0 saturated carbocycles. The molecule has 0 spiro atoms. The number of ether oxygens (including phenoxy) is 3. The number of phenols is 3. The first-order valence-corrected chi connectivity index (χ1v) is 10.2. The maximum atomic E-state index is 11.9. The van der Waals surface area contributed by atoms with Crippen molar-refractivity contribution < 1.29 is 44.2 Å². The van der Waals surface area contributed by atoms with Crippen LogP contribution in [0.1, 0.15) is 28.8 Å². The molecule has 12 heteroatoms. The van der Waals surface area contributed by atoms with E-state index in [2.05, 4.69) is 5.32 Å². The van der Waals surface area contributed by atoms with Crippen LogP contribution < -0.4 is 20.5 Å². The zero-order valence-electron chi connectivity index (χ0n) is 19.3. The van der Waals surface area contributed by atoms with E-state index >= 15 is 0 Å². The van der Waals surface area contributed by atoms with Gasteiger partial charge in [-0.1, -0.05) is 6.07 Å². The van der Waals surface area contributed by atoms with Gasteiger partial charge in [0.05, 0.1) is 26.4 Å². The number of nitrogens with one attached hydrogen (secondary N) is 2. The minimum absolute atomic E-state index is 0.0831. The lowest BCUT2D eigenvalue weighted by atomic mass is 10.2. The van der Waals surface area contributed by atoms with Crippen LogP contribution in [0.15, 0.2) is 36.4 Å². The van der Waals surface area contributed by atoms with E-state index in [0.29, 0.717) is 18.5 Å². The first-order chi connectivity index (χ1) is 16.6. The van der Waals surface area contributed by atoms with Gasteiger partial charge < -0.3 is 45.7 Å². The van der Waals surface area contributed by atoms with Gasteiger partial charge in [0.2, 0.25) is 5.75 Å². The number of aromatic hydroxyl groups is 3. The third-order valence-corrected chi connectivity index (χ3v) is 4.25. The van der Waals surface area contributed by atoms with Gasteiger partial charge in [0.25, 0.3) is 0 Å². The number of carbonyl (C=O) groups excluding carboxylic acids is 1. The maximum Gasteiger partial charge on any atom is 0.338 e. The molecule has 12 nitrogen and oxygen atoms in total. The van der Waals surface area contributed by atoms with Crippen LogP contribution in [-0.4, -0.2) is 65.7 Å². The highest BCUT2D eigenvalue weighted by Crippen LogP contribution is 2.37. The van der Waals surface area contributed by atoms with E-state index in [1.54, 1.807) is 0 Å². The van der Waals surface area contributed by atoms with Crippen molar-refractivity contribution >= 4 is 24.0 Å². The first kappa shape index (κ1) is 28.4. The molecule has 0 atom stereocenters. The molecule has 0 saturated heterocycles. The summed E-state index contributed by atoms with van der Waals surface area (Å²) in [5, 5.41) is 45.7. The average molecular weight is 491 g/mol. The number of aliphatic carboxylic acids is 1. The molecular weight excluding hydrogens is 462 g/mol. The maximum absolute atomic E-state index is 11.9. The molecule has 0 radical (unpaired) electrons. The van der Waals surface area contributed by atoms with Crippen molar-refractivity contribution in [2.24, 2.45) is 5.73 Å². The fraction of sp³-hybridized carbons (Fsp3) is 0.261. The smallest absolute Gasteiger partial charge is 0.338 e. The van der Waals surface area contributed by atoms with Crippen LogP contribution in [-0.2, 0) is 9.53 Å². The molecule has 0 bridgehead atoms. The first-order valence-electron chi connectivity index (χ1n) is 10.2. The third kappa shape index (κ3) is 10.2. The molecule has 0 aliphatic carbocycles. The van der Waals surface area contributed by atoms with Crippen molar-refractivity contribution in [1.29, 1.82) is 5.41 Å².